The Morgan fingerprint density at radius 1 is 1.21 bits per heavy atom. The molecule has 0 saturated carbocycles. The molecule has 2 nitrogen and oxygen atoms in total. The zero-order valence-electron chi connectivity index (χ0n) is 11.0. The average Bonchev–Trinajstić information content (AvgIpc) is 2.42. The van der Waals surface area contributed by atoms with Crippen LogP contribution < -0.4 is 4.74 Å². The molecule has 102 valence electrons. The highest BCUT2D eigenvalue weighted by atomic mass is 79.9. The molecule has 0 aromatic heterocycles. The van der Waals surface area contributed by atoms with E-state index in [9.17, 15) is 0 Å². The summed E-state index contributed by atoms with van der Waals surface area (Å²) in [5.41, 5.74) is 1.20. The van der Waals surface area contributed by atoms with Crippen molar-refractivity contribution in [3.63, 3.8) is 0 Å². The van der Waals surface area contributed by atoms with Crippen molar-refractivity contribution in [2.75, 3.05) is 20.8 Å². The maximum absolute atomic E-state index is 5.16. The summed E-state index contributed by atoms with van der Waals surface area (Å²) in [4.78, 5) is 0. The van der Waals surface area contributed by atoms with Gasteiger partial charge in [-0.05, 0) is 49.6 Å². The van der Waals surface area contributed by atoms with E-state index in [-0.39, 0.29) is 5.92 Å². The highest BCUT2D eigenvalue weighted by Crippen LogP contribution is 2.27. The minimum absolute atomic E-state index is 0.226. The molecule has 0 aliphatic carbocycles. The molecule has 0 spiro atoms. The van der Waals surface area contributed by atoms with E-state index in [4.69, 9.17) is 9.47 Å². The van der Waals surface area contributed by atoms with Gasteiger partial charge < -0.3 is 9.47 Å². The van der Waals surface area contributed by atoms with Crippen LogP contribution in [-0.4, -0.2) is 20.8 Å². The van der Waals surface area contributed by atoms with Crippen molar-refractivity contribution < 1.29 is 9.47 Å². The maximum atomic E-state index is 5.16. The third-order valence-electron chi connectivity index (χ3n) is 2.53. The Labute approximate surface area is 131 Å². The Morgan fingerprint density at radius 3 is 2.42 bits per heavy atom. The normalized spacial score (nSPS) is 11.2. The summed E-state index contributed by atoms with van der Waals surface area (Å²) in [6.45, 7) is 0.467. The van der Waals surface area contributed by atoms with Gasteiger partial charge in [0.2, 0.25) is 0 Å². The van der Waals surface area contributed by atoms with Crippen LogP contribution in [0.15, 0.2) is 33.7 Å². The summed E-state index contributed by atoms with van der Waals surface area (Å²) in [5.74, 6) is 7.18. The number of hydrogen-bond donors (Lipinski definition) is 0. The second-order valence-corrected chi connectivity index (χ2v) is 6.60. The molecule has 1 atom stereocenters. The molecule has 1 unspecified atom stereocenters. The molecule has 0 radical (unpaired) electrons. The van der Waals surface area contributed by atoms with Gasteiger partial charge in [0.05, 0.1) is 10.5 Å². The molecule has 0 aliphatic heterocycles. The van der Waals surface area contributed by atoms with Crippen molar-refractivity contribution in [1.82, 2.24) is 0 Å². The molecule has 4 heteroatoms. The van der Waals surface area contributed by atoms with E-state index < -0.39 is 0 Å². The van der Waals surface area contributed by atoms with Crippen LogP contribution >= 0.6 is 31.9 Å². The van der Waals surface area contributed by atoms with Crippen molar-refractivity contribution in [3.8, 4) is 17.6 Å². The van der Waals surface area contributed by atoms with Gasteiger partial charge in [-0.15, -0.1) is 0 Å². The largest absolute Gasteiger partial charge is 0.497 e. The number of halogens is 2. The molecule has 1 aromatic rings. The molecule has 0 aliphatic rings. The second kappa shape index (κ2) is 9.19. The van der Waals surface area contributed by atoms with E-state index in [1.54, 1.807) is 14.2 Å². The number of ether oxygens (including phenoxy) is 2. The van der Waals surface area contributed by atoms with Gasteiger partial charge in [-0.25, -0.2) is 0 Å². The number of benzene rings is 1. The maximum Gasteiger partial charge on any atom is 0.118 e. The first-order valence-electron chi connectivity index (χ1n) is 5.78. The Morgan fingerprint density at radius 2 is 1.89 bits per heavy atom. The van der Waals surface area contributed by atoms with Gasteiger partial charge in [0.1, 0.15) is 12.4 Å². The number of allylic oxidation sites excluding steroid dienone is 1. The fourth-order valence-electron chi connectivity index (χ4n) is 1.58. The fourth-order valence-corrected chi connectivity index (χ4v) is 2.22. The minimum Gasteiger partial charge on any atom is -0.497 e. The molecular formula is C15H16Br2O2. The van der Waals surface area contributed by atoms with Crippen molar-refractivity contribution >= 4 is 31.9 Å². The molecule has 1 rings (SSSR count). The summed E-state index contributed by atoms with van der Waals surface area (Å²) in [6, 6.07) is 8.03. The van der Waals surface area contributed by atoms with Gasteiger partial charge in [-0.3, -0.25) is 0 Å². The van der Waals surface area contributed by atoms with Gasteiger partial charge in [-0.2, -0.15) is 0 Å². The zero-order chi connectivity index (χ0) is 14.1. The summed E-state index contributed by atoms with van der Waals surface area (Å²) in [5, 5.41) is 0. The van der Waals surface area contributed by atoms with Crippen molar-refractivity contribution in [3.05, 3.63) is 39.3 Å². The van der Waals surface area contributed by atoms with Crippen molar-refractivity contribution in [2.24, 2.45) is 0 Å². The van der Waals surface area contributed by atoms with Gasteiger partial charge in [0.15, 0.2) is 0 Å². The van der Waals surface area contributed by atoms with Crippen LogP contribution in [0, 0.1) is 11.8 Å². The molecule has 0 fully saturated rings. The third-order valence-corrected chi connectivity index (χ3v) is 3.06. The Hall–Kier alpha value is -0.760. The van der Waals surface area contributed by atoms with Gasteiger partial charge in [0, 0.05) is 19.4 Å². The molecule has 0 bridgehead atoms. The lowest BCUT2D eigenvalue weighted by atomic mass is 9.96. The first-order valence-corrected chi connectivity index (χ1v) is 7.37. The van der Waals surface area contributed by atoms with E-state index in [1.807, 2.05) is 12.1 Å². The molecule has 1 aromatic carbocycles. The first kappa shape index (κ1) is 16.3. The van der Waals surface area contributed by atoms with Crippen LogP contribution in [0.3, 0.4) is 0 Å². The van der Waals surface area contributed by atoms with E-state index in [1.165, 1.54) is 5.56 Å². The molecule has 19 heavy (non-hydrogen) atoms. The van der Waals surface area contributed by atoms with E-state index in [2.05, 4.69) is 61.9 Å². The average molecular weight is 388 g/mol. The monoisotopic (exact) mass is 386 g/mol. The summed E-state index contributed by atoms with van der Waals surface area (Å²) >= 11 is 6.81. The third kappa shape index (κ3) is 6.29. The number of hydrogen-bond acceptors (Lipinski definition) is 2. The lowest BCUT2D eigenvalue weighted by Crippen LogP contribution is -1.95. The minimum atomic E-state index is 0.226. The van der Waals surface area contributed by atoms with E-state index >= 15 is 0 Å². The van der Waals surface area contributed by atoms with Gasteiger partial charge in [0.25, 0.3) is 0 Å². The van der Waals surface area contributed by atoms with E-state index in [0.29, 0.717) is 6.61 Å². The summed E-state index contributed by atoms with van der Waals surface area (Å²) in [6.07, 6.45) is 2.83. The Kier molecular flexibility index (Phi) is 7.88. The Bertz CT molecular complexity index is 465. The SMILES string of the molecule is COCC#CCC(C=C(Br)Br)c1ccc(OC)cc1. The molecule has 0 heterocycles. The summed E-state index contributed by atoms with van der Waals surface area (Å²) in [7, 11) is 3.31. The molecule has 0 saturated heterocycles. The van der Waals surface area contributed by atoms with Crippen LogP contribution in [0.25, 0.3) is 0 Å². The van der Waals surface area contributed by atoms with Crippen LogP contribution in [0.1, 0.15) is 17.9 Å². The first-order chi connectivity index (χ1) is 9.17. The quantitative estimate of drug-likeness (QED) is 0.695. The van der Waals surface area contributed by atoms with Crippen LogP contribution in [0.5, 0.6) is 5.75 Å². The predicted octanol–water partition coefficient (Wildman–Crippen LogP) is 4.45. The highest BCUT2D eigenvalue weighted by Gasteiger charge is 2.08. The van der Waals surface area contributed by atoms with Crippen LogP contribution in [0.2, 0.25) is 0 Å². The van der Waals surface area contributed by atoms with Gasteiger partial charge in [-0.1, -0.05) is 30.0 Å². The highest BCUT2D eigenvalue weighted by molar-refractivity contribution is 9.28. The molecular weight excluding hydrogens is 372 g/mol. The van der Waals surface area contributed by atoms with Crippen LogP contribution in [-0.2, 0) is 4.74 Å². The van der Waals surface area contributed by atoms with Crippen molar-refractivity contribution in [1.29, 1.82) is 0 Å². The number of methoxy groups -OCH3 is 2. The number of rotatable bonds is 5. The van der Waals surface area contributed by atoms with Crippen molar-refractivity contribution in [2.45, 2.75) is 12.3 Å². The predicted molar refractivity (Wildman–Crippen MR) is 85.9 cm³/mol. The van der Waals surface area contributed by atoms with Gasteiger partial charge >= 0.3 is 0 Å². The standard InChI is InChI=1S/C15H16Br2O2/c1-18-10-4-3-5-13(11-15(16)17)12-6-8-14(19-2)9-7-12/h6-9,11,13H,5,10H2,1-2H3. The smallest absolute Gasteiger partial charge is 0.118 e. The molecule has 0 amide bonds. The Balaban J connectivity index is 2.84. The topological polar surface area (TPSA) is 18.5 Å². The molecule has 0 N–H and O–H groups in total. The van der Waals surface area contributed by atoms with E-state index in [0.717, 1.165) is 15.6 Å². The second-order valence-electron chi connectivity index (χ2n) is 3.83. The fraction of sp³-hybridized carbons (Fsp3) is 0.333. The lowest BCUT2D eigenvalue weighted by molar-refractivity contribution is 0.239. The summed E-state index contributed by atoms with van der Waals surface area (Å²) < 4.78 is 11.0. The zero-order valence-corrected chi connectivity index (χ0v) is 14.1. The lowest BCUT2D eigenvalue weighted by Gasteiger charge is -2.11. The van der Waals surface area contributed by atoms with Crippen LogP contribution in [0.4, 0.5) is 0 Å².